The number of benzene rings is 1. The summed E-state index contributed by atoms with van der Waals surface area (Å²) in [5.74, 6) is -0.480. The normalized spacial score (nSPS) is 10.4. The van der Waals surface area contributed by atoms with Crippen molar-refractivity contribution in [3.8, 4) is 6.07 Å². The number of nitriles is 1. The molecule has 0 saturated carbocycles. The molecule has 21 heavy (non-hydrogen) atoms. The number of halogens is 1. The van der Waals surface area contributed by atoms with Gasteiger partial charge in [-0.05, 0) is 30.5 Å². The Labute approximate surface area is 124 Å². The second kappa shape index (κ2) is 6.40. The highest BCUT2D eigenvalue weighted by Crippen LogP contribution is 2.22. The van der Waals surface area contributed by atoms with Gasteiger partial charge in [-0.1, -0.05) is 19.9 Å². The Balaban J connectivity index is 2.22. The molecule has 1 N–H and O–H groups in total. The summed E-state index contributed by atoms with van der Waals surface area (Å²) >= 11 is 0. The zero-order valence-electron chi connectivity index (χ0n) is 12.6. The molecule has 0 saturated heterocycles. The van der Waals surface area contributed by atoms with Crippen LogP contribution in [0.3, 0.4) is 0 Å². The largest absolute Gasteiger partial charge is 0.378 e. The van der Waals surface area contributed by atoms with Crippen LogP contribution in [0.15, 0.2) is 18.2 Å². The molecule has 1 heterocycles. The first-order chi connectivity index (χ1) is 10.1. The fourth-order valence-corrected chi connectivity index (χ4v) is 2.44. The molecule has 1 aromatic carbocycles. The molecule has 1 aromatic heterocycles. The highest BCUT2D eigenvalue weighted by atomic mass is 19.1. The van der Waals surface area contributed by atoms with Gasteiger partial charge in [0.2, 0.25) is 0 Å². The first kappa shape index (κ1) is 15.0. The Morgan fingerprint density at radius 3 is 2.71 bits per heavy atom. The number of anilines is 1. The number of rotatable bonds is 5. The molecular formula is C16H19FN4. The maximum atomic E-state index is 13.3. The number of hydrogen-bond acceptors (Lipinski definition) is 3. The molecule has 0 bridgehead atoms. The van der Waals surface area contributed by atoms with Gasteiger partial charge in [0.25, 0.3) is 0 Å². The molecule has 0 unspecified atom stereocenters. The van der Waals surface area contributed by atoms with Gasteiger partial charge in [0.15, 0.2) is 0 Å². The molecule has 2 aromatic rings. The van der Waals surface area contributed by atoms with Crippen LogP contribution in [-0.2, 0) is 26.4 Å². The fourth-order valence-electron chi connectivity index (χ4n) is 2.44. The molecule has 0 aliphatic rings. The highest BCUT2D eigenvalue weighted by molar-refractivity contribution is 5.53. The van der Waals surface area contributed by atoms with Gasteiger partial charge >= 0.3 is 0 Å². The average Bonchev–Trinajstić information content (AvgIpc) is 2.81. The molecular weight excluding hydrogens is 267 g/mol. The van der Waals surface area contributed by atoms with Gasteiger partial charge in [-0.2, -0.15) is 10.4 Å². The third-order valence-corrected chi connectivity index (χ3v) is 3.53. The Morgan fingerprint density at radius 1 is 1.33 bits per heavy atom. The van der Waals surface area contributed by atoms with Crippen LogP contribution in [0.5, 0.6) is 0 Å². The molecule has 0 amide bonds. The van der Waals surface area contributed by atoms with E-state index in [2.05, 4.69) is 24.3 Å². The zero-order valence-corrected chi connectivity index (χ0v) is 12.6. The van der Waals surface area contributed by atoms with Crippen molar-refractivity contribution in [2.24, 2.45) is 7.05 Å². The summed E-state index contributed by atoms with van der Waals surface area (Å²) < 4.78 is 15.2. The molecule has 0 aliphatic heterocycles. The van der Waals surface area contributed by atoms with Gasteiger partial charge in [0.1, 0.15) is 11.9 Å². The summed E-state index contributed by atoms with van der Waals surface area (Å²) in [5, 5.41) is 16.8. The molecule has 0 atom stereocenters. The van der Waals surface area contributed by atoms with Crippen molar-refractivity contribution in [2.75, 3.05) is 5.32 Å². The first-order valence-corrected chi connectivity index (χ1v) is 7.07. The number of nitrogens with one attached hydrogen (secondary N) is 1. The topological polar surface area (TPSA) is 53.6 Å². The third-order valence-electron chi connectivity index (χ3n) is 3.53. The van der Waals surface area contributed by atoms with Gasteiger partial charge in [-0.15, -0.1) is 0 Å². The van der Waals surface area contributed by atoms with E-state index in [1.54, 1.807) is 12.1 Å². The Bertz CT molecular complexity index is 682. The van der Waals surface area contributed by atoms with Crippen LogP contribution in [0.1, 0.15) is 36.4 Å². The monoisotopic (exact) mass is 286 g/mol. The lowest BCUT2D eigenvalue weighted by Gasteiger charge is -2.09. The molecule has 0 radical (unpaired) electrons. The highest BCUT2D eigenvalue weighted by Gasteiger charge is 2.13. The van der Waals surface area contributed by atoms with Crippen LogP contribution in [0, 0.1) is 17.1 Å². The summed E-state index contributed by atoms with van der Waals surface area (Å²) in [6.45, 7) is 4.70. The van der Waals surface area contributed by atoms with E-state index in [-0.39, 0.29) is 5.56 Å². The lowest BCUT2D eigenvalue weighted by Crippen LogP contribution is -2.04. The molecule has 5 heteroatoms. The van der Waals surface area contributed by atoms with Crippen LogP contribution in [0.4, 0.5) is 10.1 Å². The van der Waals surface area contributed by atoms with E-state index in [1.165, 1.54) is 6.07 Å². The summed E-state index contributed by atoms with van der Waals surface area (Å²) in [7, 11) is 1.94. The van der Waals surface area contributed by atoms with Crippen LogP contribution >= 0.6 is 0 Å². The van der Waals surface area contributed by atoms with Crippen molar-refractivity contribution in [2.45, 2.75) is 33.2 Å². The van der Waals surface area contributed by atoms with Crippen LogP contribution in [0.2, 0.25) is 0 Å². The summed E-state index contributed by atoms with van der Waals surface area (Å²) in [5.41, 5.74) is 4.17. The smallest absolute Gasteiger partial charge is 0.140 e. The predicted molar refractivity (Wildman–Crippen MR) is 80.4 cm³/mol. The van der Waals surface area contributed by atoms with Crippen molar-refractivity contribution in [3.05, 3.63) is 46.5 Å². The number of aryl methyl sites for hydroxylation is 2. The lowest BCUT2D eigenvalue weighted by molar-refractivity contribution is 0.623. The molecule has 0 spiro atoms. The van der Waals surface area contributed by atoms with Crippen molar-refractivity contribution in [3.63, 3.8) is 0 Å². The molecule has 0 fully saturated rings. The Hall–Kier alpha value is -2.35. The van der Waals surface area contributed by atoms with Crippen molar-refractivity contribution in [1.29, 1.82) is 5.26 Å². The Kier molecular flexibility index (Phi) is 4.59. The van der Waals surface area contributed by atoms with Crippen molar-refractivity contribution < 1.29 is 4.39 Å². The quantitative estimate of drug-likeness (QED) is 0.918. The third kappa shape index (κ3) is 3.05. The molecule has 4 nitrogen and oxygen atoms in total. The molecule has 0 aliphatic carbocycles. The Morgan fingerprint density at radius 2 is 2.10 bits per heavy atom. The van der Waals surface area contributed by atoms with E-state index in [0.29, 0.717) is 6.54 Å². The number of hydrogen-bond donors (Lipinski definition) is 1. The molecule has 110 valence electrons. The van der Waals surface area contributed by atoms with E-state index in [0.717, 1.165) is 35.5 Å². The van der Waals surface area contributed by atoms with E-state index in [9.17, 15) is 4.39 Å². The van der Waals surface area contributed by atoms with E-state index in [4.69, 9.17) is 5.26 Å². The SMILES string of the molecule is CCc1nn(C)c(CC)c1NCc1ccc(F)c(C#N)c1. The average molecular weight is 286 g/mol. The number of nitrogens with zero attached hydrogens (tertiary/aromatic N) is 3. The van der Waals surface area contributed by atoms with Crippen LogP contribution < -0.4 is 5.32 Å². The van der Waals surface area contributed by atoms with Gasteiger partial charge in [-0.25, -0.2) is 4.39 Å². The summed E-state index contributed by atoms with van der Waals surface area (Å²) in [6, 6.07) is 6.47. The fraction of sp³-hybridized carbons (Fsp3) is 0.375. The van der Waals surface area contributed by atoms with Gasteiger partial charge < -0.3 is 5.32 Å². The minimum absolute atomic E-state index is 0.0758. The van der Waals surface area contributed by atoms with Gasteiger partial charge in [-0.3, -0.25) is 4.68 Å². The van der Waals surface area contributed by atoms with E-state index >= 15 is 0 Å². The summed E-state index contributed by atoms with van der Waals surface area (Å²) in [4.78, 5) is 0. The standard InChI is InChI=1S/C16H19FN4/c1-4-14-16(15(5-2)21(3)20-14)19-10-11-6-7-13(17)12(8-11)9-18/h6-8,19H,4-5,10H2,1-3H3. The van der Waals surface area contributed by atoms with Crippen LogP contribution in [-0.4, -0.2) is 9.78 Å². The molecule has 2 rings (SSSR count). The van der Waals surface area contributed by atoms with Crippen molar-refractivity contribution in [1.82, 2.24) is 9.78 Å². The van der Waals surface area contributed by atoms with E-state index < -0.39 is 5.82 Å². The second-order valence-corrected chi connectivity index (χ2v) is 4.88. The number of aromatic nitrogens is 2. The maximum absolute atomic E-state index is 13.3. The van der Waals surface area contributed by atoms with Gasteiger partial charge in [0.05, 0.1) is 22.6 Å². The minimum Gasteiger partial charge on any atom is -0.378 e. The van der Waals surface area contributed by atoms with Gasteiger partial charge in [0, 0.05) is 13.6 Å². The van der Waals surface area contributed by atoms with Crippen LogP contribution in [0.25, 0.3) is 0 Å². The predicted octanol–water partition coefficient (Wildman–Crippen LogP) is 3.17. The maximum Gasteiger partial charge on any atom is 0.140 e. The van der Waals surface area contributed by atoms with Crippen molar-refractivity contribution >= 4 is 5.69 Å². The minimum atomic E-state index is -0.480. The summed E-state index contributed by atoms with van der Waals surface area (Å²) in [6.07, 6.45) is 1.74. The van der Waals surface area contributed by atoms with E-state index in [1.807, 2.05) is 17.8 Å². The first-order valence-electron chi connectivity index (χ1n) is 7.07. The lowest BCUT2D eigenvalue weighted by atomic mass is 10.1. The second-order valence-electron chi connectivity index (χ2n) is 4.88. The zero-order chi connectivity index (χ0) is 15.4.